The SMILES string of the molecule is CCc1nncn1CCNC(=NC)NCCCC(=O)Nc1ccc(Cl)cc1. The van der Waals surface area contributed by atoms with Crippen molar-refractivity contribution in [1.82, 2.24) is 25.4 Å². The molecule has 3 N–H and O–H groups in total. The monoisotopic (exact) mass is 391 g/mol. The van der Waals surface area contributed by atoms with E-state index in [1.54, 1.807) is 37.6 Å². The van der Waals surface area contributed by atoms with Crippen molar-refractivity contribution in [3.8, 4) is 0 Å². The molecule has 27 heavy (non-hydrogen) atoms. The second-order valence-electron chi connectivity index (χ2n) is 5.88. The number of benzene rings is 1. The lowest BCUT2D eigenvalue weighted by atomic mass is 10.2. The maximum absolute atomic E-state index is 11.9. The lowest BCUT2D eigenvalue weighted by Crippen LogP contribution is -2.39. The predicted octanol–water partition coefficient (Wildman–Crippen LogP) is 2.08. The lowest BCUT2D eigenvalue weighted by Gasteiger charge is -2.12. The summed E-state index contributed by atoms with van der Waals surface area (Å²) in [6.07, 6.45) is 3.71. The van der Waals surface area contributed by atoms with Gasteiger partial charge in [0, 0.05) is 50.2 Å². The second-order valence-corrected chi connectivity index (χ2v) is 6.31. The molecule has 1 heterocycles. The summed E-state index contributed by atoms with van der Waals surface area (Å²) in [5.74, 6) is 1.65. The van der Waals surface area contributed by atoms with Crippen LogP contribution in [0.3, 0.4) is 0 Å². The van der Waals surface area contributed by atoms with Gasteiger partial charge in [0.2, 0.25) is 5.91 Å². The molecule has 1 amide bonds. The maximum Gasteiger partial charge on any atom is 0.224 e. The van der Waals surface area contributed by atoms with Crippen molar-refractivity contribution >= 4 is 29.2 Å². The van der Waals surface area contributed by atoms with Gasteiger partial charge in [-0.05, 0) is 30.7 Å². The van der Waals surface area contributed by atoms with Crippen molar-refractivity contribution in [2.45, 2.75) is 32.7 Å². The molecule has 0 unspecified atom stereocenters. The predicted molar refractivity (Wildman–Crippen MR) is 108 cm³/mol. The molecule has 8 nitrogen and oxygen atoms in total. The number of aliphatic imine (C=N–C) groups is 1. The molecule has 1 aromatic heterocycles. The molecular weight excluding hydrogens is 366 g/mol. The molecule has 0 aliphatic heterocycles. The Kier molecular flexibility index (Phi) is 8.57. The van der Waals surface area contributed by atoms with E-state index in [1.165, 1.54) is 0 Å². The Morgan fingerprint density at radius 2 is 1.96 bits per heavy atom. The quantitative estimate of drug-likeness (QED) is 0.345. The number of aromatic nitrogens is 3. The zero-order chi connectivity index (χ0) is 19.5. The maximum atomic E-state index is 11.9. The van der Waals surface area contributed by atoms with Crippen LogP contribution in [0.5, 0.6) is 0 Å². The van der Waals surface area contributed by atoms with Crippen molar-refractivity contribution in [1.29, 1.82) is 0 Å². The summed E-state index contributed by atoms with van der Waals surface area (Å²) in [6.45, 7) is 4.18. The normalized spacial score (nSPS) is 11.3. The first-order chi connectivity index (χ1) is 13.1. The van der Waals surface area contributed by atoms with E-state index < -0.39 is 0 Å². The van der Waals surface area contributed by atoms with Crippen LogP contribution in [-0.2, 0) is 17.8 Å². The Morgan fingerprint density at radius 3 is 2.67 bits per heavy atom. The Balaban J connectivity index is 1.61. The number of anilines is 1. The van der Waals surface area contributed by atoms with Crippen LogP contribution in [0.15, 0.2) is 35.6 Å². The molecular formula is C18H26ClN7O. The second kappa shape index (κ2) is 11.2. The lowest BCUT2D eigenvalue weighted by molar-refractivity contribution is -0.116. The third-order valence-corrected chi connectivity index (χ3v) is 4.13. The topological polar surface area (TPSA) is 96.2 Å². The van der Waals surface area contributed by atoms with Crippen LogP contribution in [0.2, 0.25) is 5.02 Å². The molecule has 0 radical (unpaired) electrons. The number of hydrogen-bond acceptors (Lipinski definition) is 4. The van der Waals surface area contributed by atoms with Gasteiger partial charge in [0.15, 0.2) is 5.96 Å². The summed E-state index contributed by atoms with van der Waals surface area (Å²) in [7, 11) is 1.72. The summed E-state index contributed by atoms with van der Waals surface area (Å²) >= 11 is 5.83. The Morgan fingerprint density at radius 1 is 1.22 bits per heavy atom. The van der Waals surface area contributed by atoms with E-state index in [0.29, 0.717) is 36.9 Å². The zero-order valence-corrected chi connectivity index (χ0v) is 16.5. The first kappa shape index (κ1) is 20.7. The van der Waals surface area contributed by atoms with E-state index in [1.807, 2.05) is 4.57 Å². The van der Waals surface area contributed by atoms with Crippen LogP contribution in [0.1, 0.15) is 25.6 Å². The van der Waals surface area contributed by atoms with E-state index in [2.05, 4.69) is 38.1 Å². The Labute approximate surface area is 164 Å². The third-order valence-electron chi connectivity index (χ3n) is 3.88. The van der Waals surface area contributed by atoms with Crippen LogP contribution in [0, 0.1) is 0 Å². The van der Waals surface area contributed by atoms with Crippen LogP contribution in [0.4, 0.5) is 5.69 Å². The number of amides is 1. The number of nitrogens with one attached hydrogen (secondary N) is 3. The highest BCUT2D eigenvalue weighted by atomic mass is 35.5. The summed E-state index contributed by atoms with van der Waals surface area (Å²) in [5, 5.41) is 17.9. The van der Waals surface area contributed by atoms with Crippen molar-refractivity contribution in [3.63, 3.8) is 0 Å². The van der Waals surface area contributed by atoms with Crippen LogP contribution in [0.25, 0.3) is 0 Å². The molecule has 0 spiro atoms. The van der Waals surface area contributed by atoms with Crippen LogP contribution < -0.4 is 16.0 Å². The fraction of sp³-hybridized carbons (Fsp3) is 0.444. The van der Waals surface area contributed by atoms with Gasteiger partial charge in [-0.25, -0.2) is 0 Å². The fourth-order valence-corrected chi connectivity index (χ4v) is 2.59. The number of guanidine groups is 1. The van der Waals surface area contributed by atoms with Gasteiger partial charge in [-0.15, -0.1) is 10.2 Å². The van der Waals surface area contributed by atoms with E-state index in [4.69, 9.17) is 11.6 Å². The number of rotatable bonds is 9. The molecule has 0 bridgehead atoms. The van der Waals surface area contributed by atoms with Gasteiger partial charge in [0.05, 0.1) is 0 Å². The fourth-order valence-electron chi connectivity index (χ4n) is 2.47. The van der Waals surface area contributed by atoms with Gasteiger partial charge < -0.3 is 20.5 Å². The van der Waals surface area contributed by atoms with Crippen LogP contribution >= 0.6 is 11.6 Å². The number of carbonyl (C=O) groups is 1. The molecule has 9 heteroatoms. The summed E-state index contributed by atoms with van der Waals surface area (Å²) in [5.41, 5.74) is 0.746. The summed E-state index contributed by atoms with van der Waals surface area (Å²) in [6, 6.07) is 7.06. The van der Waals surface area contributed by atoms with Crippen molar-refractivity contribution in [2.75, 3.05) is 25.5 Å². The van der Waals surface area contributed by atoms with E-state index in [-0.39, 0.29) is 5.91 Å². The van der Waals surface area contributed by atoms with Crippen molar-refractivity contribution in [3.05, 3.63) is 41.4 Å². The van der Waals surface area contributed by atoms with E-state index >= 15 is 0 Å². The van der Waals surface area contributed by atoms with Crippen molar-refractivity contribution < 1.29 is 4.79 Å². The van der Waals surface area contributed by atoms with E-state index in [9.17, 15) is 4.79 Å². The smallest absolute Gasteiger partial charge is 0.224 e. The Hall–Kier alpha value is -2.61. The Bertz CT molecular complexity index is 742. The van der Waals surface area contributed by atoms with E-state index in [0.717, 1.165) is 24.5 Å². The molecule has 0 aliphatic carbocycles. The zero-order valence-electron chi connectivity index (χ0n) is 15.7. The minimum atomic E-state index is -0.0261. The highest BCUT2D eigenvalue weighted by molar-refractivity contribution is 6.30. The third kappa shape index (κ3) is 7.26. The van der Waals surface area contributed by atoms with Gasteiger partial charge >= 0.3 is 0 Å². The number of carbonyl (C=O) groups excluding carboxylic acids is 1. The molecule has 0 saturated carbocycles. The molecule has 0 fully saturated rings. The van der Waals surface area contributed by atoms with Gasteiger partial charge in [-0.2, -0.15) is 0 Å². The molecule has 1 aromatic carbocycles. The number of hydrogen-bond donors (Lipinski definition) is 3. The largest absolute Gasteiger partial charge is 0.356 e. The number of aryl methyl sites for hydroxylation is 1. The summed E-state index contributed by atoms with van der Waals surface area (Å²) < 4.78 is 2.02. The molecule has 2 rings (SSSR count). The average Bonchev–Trinajstić information content (AvgIpc) is 3.13. The van der Waals surface area contributed by atoms with Gasteiger partial charge in [0.25, 0.3) is 0 Å². The number of halogens is 1. The van der Waals surface area contributed by atoms with Gasteiger partial charge in [-0.1, -0.05) is 18.5 Å². The molecule has 0 saturated heterocycles. The van der Waals surface area contributed by atoms with Gasteiger partial charge in [-0.3, -0.25) is 9.79 Å². The number of nitrogens with zero attached hydrogens (tertiary/aromatic N) is 4. The molecule has 146 valence electrons. The highest BCUT2D eigenvalue weighted by Gasteiger charge is 2.04. The molecule has 0 atom stereocenters. The molecule has 0 aliphatic rings. The first-order valence-corrected chi connectivity index (χ1v) is 9.36. The minimum Gasteiger partial charge on any atom is -0.356 e. The summed E-state index contributed by atoms with van der Waals surface area (Å²) in [4.78, 5) is 16.1. The van der Waals surface area contributed by atoms with Crippen molar-refractivity contribution in [2.24, 2.45) is 4.99 Å². The van der Waals surface area contributed by atoms with Gasteiger partial charge in [0.1, 0.15) is 12.2 Å². The standard InChI is InChI=1S/C18H26ClN7O/c1-3-16-25-23-13-26(16)12-11-22-18(20-2)21-10-4-5-17(27)24-15-8-6-14(19)7-9-15/h6-9,13H,3-5,10-12H2,1-2H3,(H,24,27)(H2,20,21,22). The first-order valence-electron chi connectivity index (χ1n) is 8.99. The average molecular weight is 392 g/mol. The molecule has 2 aromatic rings. The minimum absolute atomic E-state index is 0.0261. The highest BCUT2D eigenvalue weighted by Crippen LogP contribution is 2.13. The van der Waals surface area contributed by atoms with Crippen LogP contribution in [-0.4, -0.2) is 46.8 Å².